The molecule has 0 radical (unpaired) electrons. The number of hydrogen-bond donors (Lipinski definition) is 1. The maximum absolute atomic E-state index is 12.7. The van der Waals surface area contributed by atoms with Gasteiger partial charge in [0.2, 0.25) is 5.13 Å². The molecule has 0 saturated carbocycles. The topological polar surface area (TPSA) is 50.2 Å². The van der Waals surface area contributed by atoms with Gasteiger partial charge in [0.05, 0.1) is 16.8 Å². The first-order valence-electron chi connectivity index (χ1n) is 7.06. The van der Waals surface area contributed by atoms with Gasteiger partial charge in [-0.1, -0.05) is 35.3 Å². The molecule has 0 saturated heterocycles. The van der Waals surface area contributed by atoms with Crippen LogP contribution in [0, 0.1) is 0 Å². The second-order valence-electron chi connectivity index (χ2n) is 5.01. The molecule has 1 N–H and O–H groups in total. The van der Waals surface area contributed by atoms with E-state index in [2.05, 4.69) is 20.5 Å². The lowest BCUT2D eigenvalue weighted by Gasteiger charge is -2.07. The summed E-state index contributed by atoms with van der Waals surface area (Å²) in [6, 6.07) is 7.90. The molecule has 0 atom stereocenters. The van der Waals surface area contributed by atoms with E-state index >= 15 is 0 Å². The zero-order valence-corrected chi connectivity index (χ0v) is 15.1. The van der Waals surface area contributed by atoms with Crippen LogP contribution in [0.5, 0.6) is 0 Å². The van der Waals surface area contributed by atoms with Crippen molar-refractivity contribution in [1.82, 2.24) is 9.97 Å². The molecule has 2 aromatic heterocycles. The van der Waals surface area contributed by atoms with E-state index in [4.69, 9.17) is 23.2 Å². The largest absolute Gasteiger partial charge is 0.417 e. The van der Waals surface area contributed by atoms with Crippen molar-refractivity contribution < 1.29 is 13.2 Å². The SMILES string of the molecule is FC(F)(F)c1cnc(-c2csc(NN=Cc3ccc(Cl)cc3)n2)c(Cl)c1. The molecule has 1 aromatic carbocycles. The normalized spacial score (nSPS) is 11.9. The highest BCUT2D eigenvalue weighted by atomic mass is 35.5. The number of alkyl halides is 3. The van der Waals surface area contributed by atoms with E-state index < -0.39 is 11.7 Å². The molecule has 26 heavy (non-hydrogen) atoms. The second-order valence-corrected chi connectivity index (χ2v) is 6.71. The molecule has 0 aliphatic rings. The minimum atomic E-state index is -4.50. The summed E-state index contributed by atoms with van der Waals surface area (Å²) >= 11 is 12.9. The molecule has 0 bridgehead atoms. The fourth-order valence-electron chi connectivity index (χ4n) is 1.93. The molecule has 4 nitrogen and oxygen atoms in total. The van der Waals surface area contributed by atoms with Crippen LogP contribution in [0.3, 0.4) is 0 Å². The number of pyridine rings is 1. The summed E-state index contributed by atoms with van der Waals surface area (Å²) in [5, 5.41) is 6.62. The van der Waals surface area contributed by atoms with Crippen LogP contribution in [0.4, 0.5) is 18.3 Å². The van der Waals surface area contributed by atoms with Gasteiger partial charge in [0.1, 0.15) is 11.4 Å². The molecular weight excluding hydrogens is 408 g/mol. The van der Waals surface area contributed by atoms with E-state index in [9.17, 15) is 13.2 Å². The number of benzene rings is 1. The number of halogens is 5. The van der Waals surface area contributed by atoms with Crippen molar-refractivity contribution in [2.45, 2.75) is 6.18 Å². The third-order valence-corrected chi connectivity index (χ3v) is 4.45. The lowest BCUT2D eigenvalue weighted by atomic mass is 10.2. The zero-order chi connectivity index (χ0) is 18.7. The summed E-state index contributed by atoms with van der Waals surface area (Å²) in [4.78, 5) is 8.00. The Kier molecular flexibility index (Phi) is 5.45. The molecule has 0 fully saturated rings. The molecule has 0 unspecified atom stereocenters. The molecule has 0 aliphatic heterocycles. The number of anilines is 1. The first kappa shape index (κ1) is 18.6. The number of rotatable bonds is 4. The van der Waals surface area contributed by atoms with Gasteiger partial charge in [-0.15, -0.1) is 11.3 Å². The Hall–Kier alpha value is -2.16. The molecular formula is C16H9Cl2F3N4S. The number of hydrogen-bond acceptors (Lipinski definition) is 5. The molecule has 3 rings (SSSR count). The quantitative estimate of drug-likeness (QED) is 0.420. The Bertz CT molecular complexity index is 939. The molecule has 0 spiro atoms. The zero-order valence-electron chi connectivity index (χ0n) is 12.8. The van der Waals surface area contributed by atoms with E-state index in [1.165, 1.54) is 11.3 Å². The fourth-order valence-corrected chi connectivity index (χ4v) is 2.96. The smallest absolute Gasteiger partial charge is 0.253 e. The molecule has 10 heteroatoms. The van der Waals surface area contributed by atoms with Crippen LogP contribution in [0.1, 0.15) is 11.1 Å². The third-order valence-electron chi connectivity index (χ3n) is 3.16. The summed E-state index contributed by atoms with van der Waals surface area (Å²) in [7, 11) is 0. The van der Waals surface area contributed by atoms with Crippen molar-refractivity contribution in [2.24, 2.45) is 5.10 Å². The Morgan fingerprint density at radius 2 is 1.88 bits per heavy atom. The highest BCUT2D eigenvalue weighted by Crippen LogP contribution is 2.34. The fraction of sp³-hybridized carbons (Fsp3) is 0.0625. The Morgan fingerprint density at radius 3 is 2.54 bits per heavy atom. The first-order valence-corrected chi connectivity index (χ1v) is 8.70. The molecule has 0 amide bonds. The van der Waals surface area contributed by atoms with Gasteiger partial charge < -0.3 is 0 Å². The number of thiazole rings is 1. The van der Waals surface area contributed by atoms with Crippen LogP contribution >= 0.6 is 34.5 Å². The van der Waals surface area contributed by atoms with Gasteiger partial charge in [-0.25, -0.2) is 4.98 Å². The van der Waals surface area contributed by atoms with E-state index in [-0.39, 0.29) is 10.7 Å². The van der Waals surface area contributed by atoms with Gasteiger partial charge in [0.25, 0.3) is 0 Å². The maximum Gasteiger partial charge on any atom is 0.417 e. The highest BCUT2D eigenvalue weighted by molar-refractivity contribution is 7.14. The van der Waals surface area contributed by atoms with Crippen molar-refractivity contribution in [2.75, 3.05) is 5.43 Å². The summed E-state index contributed by atoms with van der Waals surface area (Å²) < 4.78 is 38.0. The Balaban J connectivity index is 1.72. The maximum atomic E-state index is 12.7. The van der Waals surface area contributed by atoms with E-state index in [1.807, 2.05) is 0 Å². The van der Waals surface area contributed by atoms with Gasteiger partial charge in [-0.3, -0.25) is 10.4 Å². The average Bonchev–Trinajstić information content (AvgIpc) is 3.04. The van der Waals surface area contributed by atoms with Crippen LogP contribution in [0.15, 0.2) is 47.0 Å². The van der Waals surface area contributed by atoms with Gasteiger partial charge in [0, 0.05) is 16.6 Å². The Labute approximate surface area is 160 Å². The second kappa shape index (κ2) is 7.61. The van der Waals surface area contributed by atoms with Crippen molar-refractivity contribution >= 4 is 45.9 Å². The predicted molar refractivity (Wildman–Crippen MR) is 98.0 cm³/mol. The van der Waals surface area contributed by atoms with Gasteiger partial charge >= 0.3 is 6.18 Å². The van der Waals surface area contributed by atoms with E-state index in [0.29, 0.717) is 15.8 Å². The molecule has 0 aliphatic carbocycles. The van der Waals surface area contributed by atoms with E-state index in [1.54, 1.807) is 35.9 Å². The first-order chi connectivity index (χ1) is 12.3. The lowest BCUT2D eigenvalue weighted by Crippen LogP contribution is -2.05. The van der Waals surface area contributed by atoms with E-state index in [0.717, 1.165) is 17.8 Å². The van der Waals surface area contributed by atoms with Crippen LogP contribution in [-0.4, -0.2) is 16.2 Å². The van der Waals surface area contributed by atoms with Crippen molar-refractivity contribution in [3.05, 3.63) is 63.1 Å². The van der Waals surface area contributed by atoms with Gasteiger partial charge in [0.15, 0.2) is 0 Å². The predicted octanol–water partition coefficient (Wildman–Crippen LogP) is 5.98. The molecule has 3 aromatic rings. The van der Waals surface area contributed by atoms with Crippen LogP contribution in [-0.2, 0) is 6.18 Å². The standard InChI is InChI=1S/C16H9Cl2F3N4S/c17-11-3-1-9(2-4-11)6-23-25-15-24-13(8-26-15)14-12(18)5-10(7-22-14)16(19,20)21/h1-8H,(H,24,25). The van der Waals surface area contributed by atoms with Crippen LogP contribution < -0.4 is 5.43 Å². The van der Waals surface area contributed by atoms with Gasteiger partial charge in [-0.05, 0) is 23.8 Å². The molecule has 2 heterocycles. The number of aromatic nitrogens is 2. The van der Waals surface area contributed by atoms with Crippen LogP contribution in [0.25, 0.3) is 11.4 Å². The van der Waals surface area contributed by atoms with Crippen molar-refractivity contribution in [3.63, 3.8) is 0 Å². The average molecular weight is 417 g/mol. The number of nitrogens with zero attached hydrogens (tertiary/aromatic N) is 3. The van der Waals surface area contributed by atoms with Crippen molar-refractivity contribution in [3.8, 4) is 11.4 Å². The summed E-state index contributed by atoms with van der Waals surface area (Å²) in [5.74, 6) is 0. The lowest BCUT2D eigenvalue weighted by molar-refractivity contribution is -0.137. The molecule has 134 valence electrons. The number of nitrogens with one attached hydrogen (secondary N) is 1. The minimum Gasteiger partial charge on any atom is -0.253 e. The van der Waals surface area contributed by atoms with Gasteiger partial charge in [-0.2, -0.15) is 18.3 Å². The van der Waals surface area contributed by atoms with Crippen molar-refractivity contribution in [1.29, 1.82) is 0 Å². The summed E-state index contributed by atoms with van der Waals surface area (Å²) in [6.45, 7) is 0. The minimum absolute atomic E-state index is 0.124. The summed E-state index contributed by atoms with van der Waals surface area (Å²) in [6.07, 6.45) is -2.19. The monoisotopic (exact) mass is 416 g/mol. The highest BCUT2D eigenvalue weighted by Gasteiger charge is 2.31. The van der Waals surface area contributed by atoms with Crippen LogP contribution in [0.2, 0.25) is 10.0 Å². The number of hydrazone groups is 1. The Morgan fingerprint density at radius 1 is 1.15 bits per heavy atom. The summed E-state index contributed by atoms with van der Waals surface area (Å²) in [5.41, 5.74) is 3.21. The third kappa shape index (κ3) is 4.51.